The zero-order chi connectivity index (χ0) is 24.1. The van der Waals surface area contributed by atoms with Crippen molar-refractivity contribution >= 4 is 23.4 Å². The van der Waals surface area contributed by atoms with E-state index in [9.17, 15) is 14.4 Å². The van der Waals surface area contributed by atoms with Gasteiger partial charge < -0.3 is 29.9 Å². The van der Waals surface area contributed by atoms with E-state index in [4.69, 9.17) is 9.47 Å². The number of urea groups is 1. The number of carbonyl (C=O) groups is 1. The molecule has 0 bridgehead atoms. The van der Waals surface area contributed by atoms with Crippen LogP contribution in [0.1, 0.15) is 13.8 Å². The average molecular weight is 467 g/mol. The van der Waals surface area contributed by atoms with E-state index < -0.39 is 0 Å². The highest BCUT2D eigenvalue weighted by Crippen LogP contribution is 2.32. The SMILES string of the molecule is CC(C)C1CN(C(=O)Nc2ccc3c(c2)OCCO3)CCN1/C(=N/C#N)Nc1ccc(F)cc1. The van der Waals surface area contributed by atoms with Gasteiger partial charge in [0.1, 0.15) is 19.0 Å². The molecular weight excluding hydrogens is 439 g/mol. The molecule has 0 aromatic heterocycles. The fourth-order valence-corrected chi connectivity index (χ4v) is 4.03. The summed E-state index contributed by atoms with van der Waals surface area (Å²) in [6, 6.07) is 10.9. The van der Waals surface area contributed by atoms with Gasteiger partial charge in [0.05, 0.1) is 6.04 Å². The van der Waals surface area contributed by atoms with Crippen molar-refractivity contribution in [3.8, 4) is 17.7 Å². The summed E-state index contributed by atoms with van der Waals surface area (Å²) in [6.07, 6.45) is 1.84. The molecule has 0 saturated carbocycles. The number of carbonyl (C=O) groups excluding carboxylic acids is 1. The lowest BCUT2D eigenvalue weighted by atomic mass is 10.00. The maximum Gasteiger partial charge on any atom is 0.321 e. The molecule has 1 fully saturated rings. The second-order valence-corrected chi connectivity index (χ2v) is 8.41. The number of ether oxygens (including phenoxy) is 2. The number of aliphatic imine (C=N–C) groups is 1. The summed E-state index contributed by atoms with van der Waals surface area (Å²) in [5.74, 6) is 1.47. The highest BCUT2D eigenvalue weighted by Gasteiger charge is 2.34. The van der Waals surface area contributed by atoms with Crippen molar-refractivity contribution in [1.29, 1.82) is 5.26 Å². The van der Waals surface area contributed by atoms with Gasteiger partial charge in [0.15, 0.2) is 11.5 Å². The van der Waals surface area contributed by atoms with Crippen LogP contribution in [0.15, 0.2) is 47.5 Å². The molecule has 178 valence electrons. The standard InChI is InChI=1S/C24H27FN6O3/c1-16(2)20-14-30(24(32)29-19-7-8-21-22(13-19)34-12-11-33-21)9-10-31(20)23(27-15-26)28-18-5-3-17(25)4-6-18/h3-8,13,16,20H,9-12,14H2,1-2H3,(H,27,28)(H,29,32). The van der Waals surface area contributed by atoms with Crippen LogP contribution in [-0.4, -0.2) is 60.7 Å². The first kappa shape index (κ1) is 23.2. The first-order chi connectivity index (χ1) is 16.4. The number of anilines is 2. The summed E-state index contributed by atoms with van der Waals surface area (Å²) in [5, 5.41) is 15.3. The van der Waals surface area contributed by atoms with E-state index in [0.717, 1.165) is 0 Å². The Labute approximate surface area is 197 Å². The van der Waals surface area contributed by atoms with Crippen LogP contribution in [0.5, 0.6) is 11.5 Å². The molecule has 2 aromatic rings. The van der Waals surface area contributed by atoms with Gasteiger partial charge in [0.25, 0.3) is 0 Å². The predicted molar refractivity (Wildman–Crippen MR) is 126 cm³/mol. The van der Waals surface area contributed by atoms with E-state index in [-0.39, 0.29) is 23.8 Å². The van der Waals surface area contributed by atoms with Crippen molar-refractivity contribution in [3.05, 3.63) is 48.3 Å². The molecule has 2 amide bonds. The minimum Gasteiger partial charge on any atom is -0.486 e. The molecule has 0 spiro atoms. The van der Waals surface area contributed by atoms with Crippen molar-refractivity contribution < 1.29 is 18.7 Å². The summed E-state index contributed by atoms with van der Waals surface area (Å²) in [4.78, 5) is 20.7. The third-order valence-corrected chi connectivity index (χ3v) is 5.80. The molecule has 1 saturated heterocycles. The van der Waals surface area contributed by atoms with Crippen LogP contribution in [0.3, 0.4) is 0 Å². The fourth-order valence-electron chi connectivity index (χ4n) is 4.03. The number of fused-ring (bicyclic) bond motifs is 1. The molecule has 9 nitrogen and oxygen atoms in total. The van der Waals surface area contributed by atoms with E-state index >= 15 is 0 Å². The highest BCUT2D eigenvalue weighted by atomic mass is 19.1. The Bertz CT molecular complexity index is 1100. The Hall–Kier alpha value is -4.00. The normalized spacial score (nSPS) is 17.9. The van der Waals surface area contributed by atoms with Gasteiger partial charge in [-0.3, -0.25) is 0 Å². The quantitative estimate of drug-likeness (QED) is 0.406. The van der Waals surface area contributed by atoms with Gasteiger partial charge in [0, 0.05) is 37.1 Å². The second-order valence-electron chi connectivity index (χ2n) is 8.41. The van der Waals surface area contributed by atoms with Crippen LogP contribution in [0.4, 0.5) is 20.6 Å². The Morgan fingerprint density at radius 1 is 1.09 bits per heavy atom. The van der Waals surface area contributed by atoms with Gasteiger partial charge in [-0.2, -0.15) is 5.26 Å². The van der Waals surface area contributed by atoms with Crippen LogP contribution >= 0.6 is 0 Å². The maximum absolute atomic E-state index is 13.3. The molecular formula is C24H27FN6O3. The van der Waals surface area contributed by atoms with E-state index in [0.29, 0.717) is 61.7 Å². The second kappa shape index (κ2) is 10.3. The molecule has 2 aliphatic heterocycles. The molecule has 0 aliphatic carbocycles. The van der Waals surface area contributed by atoms with Crippen LogP contribution in [0.2, 0.25) is 0 Å². The maximum atomic E-state index is 13.3. The number of hydrogen-bond donors (Lipinski definition) is 2. The van der Waals surface area contributed by atoms with Crippen molar-refractivity contribution in [2.75, 3.05) is 43.5 Å². The highest BCUT2D eigenvalue weighted by molar-refractivity contribution is 5.95. The monoisotopic (exact) mass is 466 g/mol. The molecule has 1 unspecified atom stereocenters. The summed E-state index contributed by atoms with van der Waals surface area (Å²) in [5.41, 5.74) is 1.25. The molecule has 4 rings (SSSR count). The zero-order valence-electron chi connectivity index (χ0n) is 19.1. The fraction of sp³-hybridized carbons (Fsp3) is 0.375. The minimum atomic E-state index is -0.345. The number of nitriles is 1. The average Bonchev–Trinajstić information content (AvgIpc) is 2.84. The molecule has 2 aromatic carbocycles. The Morgan fingerprint density at radius 3 is 2.50 bits per heavy atom. The van der Waals surface area contributed by atoms with Crippen LogP contribution in [0, 0.1) is 23.2 Å². The van der Waals surface area contributed by atoms with Gasteiger partial charge in [-0.05, 0) is 42.3 Å². The summed E-state index contributed by atoms with van der Waals surface area (Å²) in [7, 11) is 0. The van der Waals surface area contributed by atoms with Crippen molar-refractivity contribution in [2.45, 2.75) is 19.9 Å². The number of piperazine rings is 1. The lowest BCUT2D eigenvalue weighted by Crippen LogP contribution is -2.60. The minimum absolute atomic E-state index is 0.0835. The number of halogens is 1. The number of benzene rings is 2. The van der Waals surface area contributed by atoms with E-state index in [2.05, 4.69) is 29.5 Å². The molecule has 34 heavy (non-hydrogen) atoms. The first-order valence-corrected chi connectivity index (χ1v) is 11.2. The third-order valence-electron chi connectivity index (χ3n) is 5.80. The molecule has 2 aliphatic rings. The van der Waals surface area contributed by atoms with Crippen molar-refractivity contribution in [1.82, 2.24) is 9.80 Å². The predicted octanol–water partition coefficient (Wildman–Crippen LogP) is 3.72. The van der Waals surface area contributed by atoms with Gasteiger partial charge >= 0.3 is 6.03 Å². The third kappa shape index (κ3) is 5.31. The molecule has 0 radical (unpaired) electrons. The molecule has 2 heterocycles. The Kier molecular flexibility index (Phi) is 7.01. The van der Waals surface area contributed by atoms with Crippen LogP contribution in [-0.2, 0) is 0 Å². The van der Waals surface area contributed by atoms with Gasteiger partial charge in [-0.15, -0.1) is 4.99 Å². The first-order valence-electron chi connectivity index (χ1n) is 11.2. The van der Waals surface area contributed by atoms with E-state index in [1.165, 1.54) is 12.1 Å². The number of amides is 2. The molecule has 1 atom stereocenters. The Balaban J connectivity index is 1.45. The lowest BCUT2D eigenvalue weighted by molar-refractivity contribution is 0.120. The number of hydrogen-bond acceptors (Lipinski definition) is 5. The number of guanidine groups is 1. The Morgan fingerprint density at radius 2 is 1.79 bits per heavy atom. The molecule has 10 heteroatoms. The summed E-state index contributed by atoms with van der Waals surface area (Å²) >= 11 is 0. The van der Waals surface area contributed by atoms with E-state index in [1.54, 1.807) is 35.2 Å². The number of nitrogens with zero attached hydrogens (tertiary/aromatic N) is 4. The van der Waals surface area contributed by atoms with Crippen LogP contribution < -0.4 is 20.1 Å². The summed E-state index contributed by atoms with van der Waals surface area (Å²) in [6.45, 7) is 6.46. The zero-order valence-corrected chi connectivity index (χ0v) is 19.1. The van der Waals surface area contributed by atoms with Crippen LogP contribution in [0.25, 0.3) is 0 Å². The van der Waals surface area contributed by atoms with Gasteiger partial charge in [-0.25, -0.2) is 9.18 Å². The largest absolute Gasteiger partial charge is 0.486 e. The smallest absolute Gasteiger partial charge is 0.321 e. The molecule has 2 N–H and O–H groups in total. The summed E-state index contributed by atoms with van der Waals surface area (Å²) < 4.78 is 24.4. The number of rotatable bonds is 3. The topological polar surface area (TPSA) is 102 Å². The van der Waals surface area contributed by atoms with Gasteiger partial charge in [-0.1, -0.05) is 13.8 Å². The van der Waals surface area contributed by atoms with Crippen molar-refractivity contribution in [2.24, 2.45) is 10.9 Å². The van der Waals surface area contributed by atoms with E-state index in [1.807, 2.05) is 11.1 Å². The number of nitrogens with one attached hydrogen (secondary N) is 2. The van der Waals surface area contributed by atoms with Crippen molar-refractivity contribution in [3.63, 3.8) is 0 Å². The van der Waals surface area contributed by atoms with Gasteiger partial charge in [0.2, 0.25) is 12.2 Å². The lowest BCUT2D eigenvalue weighted by Gasteiger charge is -2.44.